The molecule has 2 rings (SSSR count). The molecule has 0 aromatic heterocycles. The fourth-order valence-electron chi connectivity index (χ4n) is 2.87. The second-order valence-electron chi connectivity index (χ2n) is 5.32. The zero-order valence-corrected chi connectivity index (χ0v) is 12.1. The Labute approximate surface area is 111 Å². The Hall–Kier alpha value is -0.170. The Morgan fingerprint density at radius 2 is 1.78 bits per heavy atom. The van der Waals surface area contributed by atoms with Crippen molar-refractivity contribution in [3.63, 3.8) is 0 Å². The highest BCUT2D eigenvalue weighted by atomic mass is 32.2. The molecule has 0 unspecified atom stereocenters. The van der Waals surface area contributed by atoms with E-state index in [1.807, 2.05) is 0 Å². The molecular formula is C12H25N3O2S. The molecule has 1 aliphatic heterocycles. The molecule has 0 aromatic carbocycles. The van der Waals surface area contributed by atoms with Crippen LogP contribution >= 0.6 is 0 Å². The first kappa shape index (κ1) is 14.2. The topological polar surface area (TPSA) is 52.7 Å². The predicted octanol–water partition coefficient (Wildman–Crippen LogP) is 0.791. The molecular weight excluding hydrogens is 250 g/mol. The van der Waals surface area contributed by atoms with Crippen molar-refractivity contribution >= 4 is 10.2 Å². The van der Waals surface area contributed by atoms with Gasteiger partial charge in [-0.3, -0.25) is 0 Å². The lowest BCUT2D eigenvalue weighted by atomic mass is 9.96. The smallest absolute Gasteiger partial charge is 0.282 e. The fraction of sp³-hybridized carbons (Fsp3) is 1.00. The summed E-state index contributed by atoms with van der Waals surface area (Å²) in [6.07, 6.45) is 6.50. The Kier molecular flexibility index (Phi) is 5.00. The first-order chi connectivity index (χ1) is 8.62. The quantitative estimate of drug-likeness (QED) is 0.828. The first-order valence-electron chi connectivity index (χ1n) is 7.06. The van der Waals surface area contributed by atoms with Crippen LogP contribution in [0.3, 0.4) is 0 Å². The highest BCUT2D eigenvalue weighted by Gasteiger charge is 2.32. The predicted molar refractivity (Wildman–Crippen MR) is 72.6 cm³/mol. The molecule has 1 saturated carbocycles. The van der Waals surface area contributed by atoms with Crippen LogP contribution in [0.4, 0.5) is 0 Å². The lowest BCUT2D eigenvalue weighted by molar-refractivity contribution is 0.264. The zero-order valence-electron chi connectivity index (χ0n) is 11.3. The van der Waals surface area contributed by atoms with Crippen LogP contribution in [-0.2, 0) is 10.2 Å². The van der Waals surface area contributed by atoms with Gasteiger partial charge in [-0.05, 0) is 25.8 Å². The number of hydrogen-bond acceptors (Lipinski definition) is 3. The van der Waals surface area contributed by atoms with Gasteiger partial charge in [0.15, 0.2) is 0 Å². The van der Waals surface area contributed by atoms with E-state index in [0.717, 1.165) is 45.2 Å². The van der Waals surface area contributed by atoms with E-state index >= 15 is 0 Å². The Balaban J connectivity index is 2.03. The molecule has 0 spiro atoms. The number of nitrogens with zero attached hydrogens (tertiary/aromatic N) is 2. The lowest BCUT2D eigenvalue weighted by Gasteiger charge is -2.34. The summed E-state index contributed by atoms with van der Waals surface area (Å²) in [5, 5.41) is 3.24. The van der Waals surface area contributed by atoms with Crippen molar-refractivity contribution < 1.29 is 8.42 Å². The van der Waals surface area contributed by atoms with Crippen molar-refractivity contribution in [1.82, 2.24) is 13.9 Å². The third-order valence-electron chi connectivity index (χ3n) is 4.08. The van der Waals surface area contributed by atoms with Crippen LogP contribution in [0, 0.1) is 0 Å². The molecule has 18 heavy (non-hydrogen) atoms. The average molecular weight is 275 g/mol. The summed E-state index contributed by atoms with van der Waals surface area (Å²) < 4.78 is 28.4. The summed E-state index contributed by atoms with van der Waals surface area (Å²) >= 11 is 0. The van der Waals surface area contributed by atoms with Crippen molar-refractivity contribution in [1.29, 1.82) is 0 Å². The molecule has 0 amide bonds. The van der Waals surface area contributed by atoms with E-state index in [-0.39, 0.29) is 6.04 Å². The van der Waals surface area contributed by atoms with E-state index < -0.39 is 10.2 Å². The van der Waals surface area contributed by atoms with E-state index in [9.17, 15) is 8.42 Å². The van der Waals surface area contributed by atoms with Gasteiger partial charge in [0.25, 0.3) is 10.2 Å². The maximum Gasteiger partial charge on any atom is 0.282 e. The van der Waals surface area contributed by atoms with Crippen molar-refractivity contribution in [3.8, 4) is 0 Å². The molecule has 2 fully saturated rings. The monoisotopic (exact) mass is 275 g/mol. The van der Waals surface area contributed by atoms with Gasteiger partial charge in [-0.25, -0.2) is 0 Å². The number of nitrogens with one attached hydrogen (secondary N) is 1. The Morgan fingerprint density at radius 1 is 1.06 bits per heavy atom. The molecule has 1 saturated heterocycles. The van der Waals surface area contributed by atoms with Crippen LogP contribution < -0.4 is 5.32 Å². The van der Waals surface area contributed by atoms with Crippen LogP contribution in [0.15, 0.2) is 0 Å². The molecule has 1 heterocycles. The highest BCUT2D eigenvalue weighted by Crippen LogP contribution is 2.24. The van der Waals surface area contributed by atoms with E-state index in [1.54, 1.807) is 15.7 Å². The maximum atomic E-state index is 12.6. The third kappa shape index (κ3) is 3.23. The largest absolute Gasteiger partial charge is 0.315 e. The molecule has 106 valence electrons. The Morgan fingerprint density at radius 3 is 2.50 bits per heavy atom. The van der Waals surface area contributed by atoms with Crippen LogP contribution in [-0.4, -0.2) is 56.3 Å². The van der Waals surface area contributed by atoms with Gasteiger partial charge >= 0.3 is 0 Å². The molecule has 1 aliphatic carbocycles. The minimum atomic E-state index is -3.26. The second kappa shape index (κ2) is 6.32. The van der Waals surface area contributed by atoms with E-state index in [0.29, 0.717) is 13.1 Å². The molecule has 6 heteroatoms. The minimum Gasteiger partial charge on any atom is -0.315 e. The summed E-state index contributed by atoms with van der Waals surface area (Å²) in [6, 6.07) is 0.208. The average Bonchev–Trinajstić information content (AvgIpc) is 2.68. The standard InChI is InChI=1S/C12H25N3O2S/c1-14(12-6-3-2-4-7-12)18(16,17)15-10-5-8-13-9-11-15/h12-13H,2-11H2,1H3. The molecule has 0 aromatic rings. The van der Waals surface area contributed by atoms with E-state index in [1.165, 1.54) is 6.42 Å². The van der Waals surface area contributed by atoms with Crippen molar-refractivity contribution in [3.05, 3.63) is 0 Å². The van der Waals surface area contributed by atoms with Gasteiger partial charge in [-0.15, -0.1) is 0 Å². The zero-order chi connectivity index (χ0) is 13.0. The fourth-order valence-corrected chi connectivity index (χ4v) is 4.50. The van der Waals surface area contributed by atoms with Crippen molar-refractivity contribution in [2.75, 3.05) is 33.2 Å². The number of hydrogen-bond donors (Lipinski definition) is 1. The molecule has 0 radical (unpaired) electrons. The van der Waals surface area contributed by atoms with Gasteiger partial charge < -0.3 is 5.32 Å². The molecule has 0 atom stereocenters. The van der Waals surface area contributed by atoms with Gasteiger partial charge in [0.05, 0.1) is 0 Å². The van der Waals surface area contributed by atoms with Gasteiger partial charge in [0.1, 0.15) is 0 Å². The third-order valence-corrected chi connectivity index (χ3v) is 6.12. The van der Waals surface area contributed by atoms with E-state index in [4.69, 9.17) is 0 Å². The Bertz CT molecular complexity index is 344. The summed E-state index contributed by atoms with van der Waals surface area (Å²) in [4.78, 5) is 0. The van der Waals surface area contributed by atoms with Crippen LogP contribution in [0.5, 0.6) is 0 Å². The van der Waals surface area contributed by atoms with Gasteiger partial charge in [0.2, 0.25) is 0 Å². The van der Waals surface area contributed by atoms with Crippen molar-refractivity contribution in [2.24, 2.45) is 0 Å². The summed E-state index contributed by atoms with van der Waals surface area (Å²) in [5.74, 6) is 0. The molecule has 2 aliphatic rings. The second-order valence-corrected chi connectivity index (χ2v) is 7.31. The molecule has 1 N–H and O–H groups in total. The lowest BCUT2D eigenvalue weighted by Crippen LogP contribution is -2.48. The summed E-state index contributed by atoms with van der Waals surface area (Å²) in [5.41, 5.74) is 0. The van der Waals surface area contributed by atoms with E-state index in [2.05, 4.69) is 5.32 Å². The van der Waals surface area contributed by atoms with Gasteiger partial charge in [0, 0.05) is 32.7 Å². The molecule has 0 bridgehead atoms. The van der Waals surface area contributed by atoms with Crippen LogP contribution in [0.2, 0.25) is 0 Å². The first-order valence-corrected chi connectivity index (χ1v) is 8.46. The van der Waals surface area contributed by atoms with Crippen LogP contribution in [0.1, 0.15) is 38.5 Å². The summed E-state index contributed by atoms with van der Waals surface area (Å²) in [6.45, 7) is 2.92. The number of rotatable bonds is 3. The van der Waals surface area contributed by atoms with Gasteiger partial charge in [-0.1, -0.05) is 19.3 Å². The molecule has 5 nitrogen and oxygen atoms in total. The highest BCUT2D eigenvalue weighted by molar-refractivity contribution is 7.86. The maximum absolute atomic E-state index is 12.6. The van der Waals surface area contributed by atoms with Crippen molar-refractivity contribution in [2.45, 2.75) is 44.6 Å². The minimum absolute atomic E-state index is 0.208. The van der Waals surface area contributed by atoms with Gasteiger partial charge in [-0.2, -0.15) is 17.0 Å². The normalized spacial score (nSPS) is 25.2. The van der Waals surface area contributed by atoms with Crippen LogP contribution in [0.25, 0.3) is 0 Å². The summed E-state index contributed by atoms with van der Waals surface area (Å²) in [7, 11) is -1.50. The SMILES string of the molecule is CN(C1CCCCC1)S(=O)(=O)N1CCCNCC1.